The van der Waals surface area contributed by atoms with Gasteiger partial charge in [0.1, 0.15) is 5.75 Å². The van der Waals surface area contributed by atoms with Crippen LogP contribution in [-0.2, 0) is 21.4 Å². The van der Waals surface area contributed by atoms with Gasteiger partial charge in [0.2, 0.25) is 5.79 Å². The molecule has 1 aromatic carbocycles. The Bertz CT molecular complexity index is 952. The number of halogens is 3. The summed E-state index contributed by atoms with van der Waals surface area (Å²) in [5.74, 6) is 0.210. The molecule has 1 saturated carbocycles. The van der Waals surface area contributed by atoms with Gasteiger partial charge in [-0.05, 0) is 31.0 Å². The van der Waals surface area contributed by atoms with E-state index in [-0.39, 0.29) is 26.2 Å². The van der Waals surface area contributed by atoms with E-state index in [0.717, 1.165) is 49.0 Å². The summed E-state index contributed by atoms with van der Waals surface area (Å²) in [5.41, 5.74) is -3.53. The van der Waals surface area contributed by atoms with E-state index in [1.165, 1.54) is 19.3 Å². The smallest absolute Gasteiger partial charge is 0.462 e. The zero-order valence-electron chi connectivity index (χ0n) is 17.8. The second kappa shape index (κ2) is 8.03. The summed E-state index contributed by atoms with van der Waals surface area (Å²) in [4.78, 5) is 4.43. The first-order valence-electron chi connectivity index (χ1n) is 11.2. The largest absolute Gasteiger partial charge is 0.511 e. The second-order valence-electron chi connectivity index (χ2n) is 9.05. The molecule has 0 aromatic heterocycles. The maximum Gasteiger partial charge on any atom is 0.511 e. The Balaban J connectivity index is 1.21. The van der Waals surface area contributed by atoms with Crippen LogP contribution in [0.3, 0.4) is 0 Å². The van der Waals surface area contributed by atoms with Gasteiger partial charge in [-0.3, -0.25) is 4.90 Å². The first-order chi connectivity index (χ1) is 15.2. The van der Waals surface area contributed by atoms with Gasteiger partial charge in [-0.15, -0.1) is 0 Å². The Hall–Kier alpha value is -1.56. The van der Waals surface area contributed by atoms with Crippen molar-refractivity contribution in [3.8, 4) is 5.75 Å². The van der Waals surface area contributed by atoms with Crippen molar-refractivity contribution in [2.75, 3.05) is 44.2 Å². The number of anilines is 1. The number of benzene rings is 1. The highest BCUT2D eigenvalue weighted by Gasteiger charge is 2.50. The predicted octanol–water partition coefficient (Wildman–Crippen LogP) is 2.91. The van der Waals surface area contributed by atoms with Crippen LogP contribution in [0.15, 0.2) is 18.2 Å². The van der Waals surface area contributed by atoms with Crippen LogP contribution >= 0.6 is 0 Å². The van der Waals surface area contributed by atoms with Crippen molar-refractivity contribution >= 4 is 15.7 Å². The molecule has 1 aliphatic carbocycles. The zero-order chi connectivity index (χ0) is 22.6. The molecule has 4 aliphatic rings. The molecule has 0 unspecified atom stereocenters. The fourth-order valence-electron chi connectivity index (χ4n) is 4.98. The standard InChI is InChI=1S/C21H28F3N3O4S/c22-21(23,24)32(28,29)27-12-10-26(11-13-27)18-4-5-19-16(14-18)15-30-20(31-19)6-8-25(9-7-20)17-2-1-3-17/h4-5,14,17H,1-3,6-13,15H2. The molecule has 32 heavy (non-hydrogen) atoms. The molecule has 0 atom stereocenters. The number of hydrogen-bond donors (Lipinski definition) is 0. The van der Waals surface area contributed by atoms with Crippen LogP contribution in [0.25, 0.3) is 0 Å². The van der Waals surface area contributed by atoms with E-state index in [2.05, 4.69) is 4.90 Å². The van der Waals surface area contributed by atoms with Crippen LogP contribution in [0.2, 0.25) is 0 Å². The molecule has 0 radical (unpaired) electrons. The Morgan fingerprint density at radius 2 is 1.69 bits per heavy atom. The molecule has 2 saturated heterocycles. The van der Waals surface area contributed by atoms with Gasteiger partial charge in [-0.25, -0.2) is 8.42 Å². The van der Waals surface area contributed by atoms with E-state index in [1.54, 1.807) is 0 Å². The molecule has 1 spiro atoms. The average molecular weight is 476 g/mol. The Morgan fingerprint density at radius 3 is 2.28 bits per heavy atom. The number of ether oxygens (including phenoxy) is 2. The van der Waals surface area contributed by atoms with Gasteiger partial charge < -0.3 is 14.4 Å². The molecule has 1 aromatic rings. The Kier molecular flexibility index (Phi) is 5.58. The quantitative estimate of drug-likeness (QED) is 0.670. The molecule has 0 N–H and O–H groups in total. The summed E-state index contributed by atoms with van der Waals surface area (Å²) in [6.45, 7) is 2.36. The first-order valence-corrected chi connectivity index (χ1v) is 12.6. The van der Waals surface area contributed by atoms with E-state index < -0.39 is 21.3 Å². The van der Waals surface area contributed by atoms with Gasteiger partial charge in [0.15, 0.2) is 0 Å². The number of piperazine rings is 1. The zero-order valence-corrected chi connectivity index (χ0v) is 18.6. The highest BCUT2D eigenvalue weighted by Crippen LogP contribution is 2.40. The lowest BCUT2D eigenvalue weighted by Gasteiger charge is -2.47. The number of hydrogen-bond acceptors (Lipinski definition) is 6. The van der Waals surface area contributed by atoms with Crippen molar-refractivity contribution in [3.63, 3.8) is 0 Å². The van der Waals surface area contributed by atoms with Crippen LogP contribution < -0.4 is 9.64 Å². The summed E-state index contributed by atoms with van der Waals surface area (Å²) < 4.78 is 74.6. The van der Waals surface area contributed by atoms with Crippen molar-refractivity contribution < 1.29 is 31.1 Å². The summed E-state index contributed by atoms with van der Waals surface area (Å²) in [5, 5.41) is 0. The van der Waals surface area contributed by atoms with Gasteiger partial charge >= 0.3 is 15.5 Å². The number of fused-ring (bicyclic) bond motifs is 1. The summed E-state index contributed by atoms with van der Waals surface area (Å²) in [7, 11) is -5.28. The highest BCUT2D eigenvalue weighted by atomic mass is 32.2. The number of piperidine rings is 1. The van der Waals surface area contributed by atoms with Crippen molar-refractivity contribution in [2.45, 2.75) is 56.0 Å². The highest BCUT2D eigenvalue weighted by molar-refractivity contribution is 7.90. The normalized spacial score (nSPS) is 25.3. The number of alkyl halides is 3. The predicted molar refractivity (Wildman–Crippen MR) is 112 cm³/mol. The van der Waals surface area contributed by atoms with E-state index in [9.17, 15) is 21.6 Å². The van der Waals surface area contributed by atoms with E-state index in [1.807, 2.05) is 23.1 Å². The molecule has 3 fully saturated rings. The topological polar surface area (TPSA) is 62.3 Å². The van der Waals surface area contributed by atoms with Gasteiger partial charge in [-0.2, -0.15) is 17.5 Å². The average Bonchev–Trinajstić information content (AvgIpc) is 2.73. The van der Waals surface area contributed by atoms with Crippen molar-refractivity contribution in [1.29, 1.82) is 0 Å². The van der Waals surface area contributed by atoms with Crippen molar-refractivity contribution in [2.24, 2.45) is 0 Å². The lowest BCUT2D eigenvalue weighted by Crippen LogP contribution is -2.54. The third-order valence-electron chi connectivity index (χ3n) is 7.22. The number of likely N-dealkylation sites (tertiary alicyclic amines) is 1. The Labute approximate surface area is 186 Å². The number of rotatable bonds is 3. The molecule has 0 bridgehead atoms. The maximum atomic E-state index is 12.8. The molecule has 11 heteroatoms. The minimum Gasteiger partial charge on any atom is -0.462 e. The fourth-order valence-corrected chi connectivity index (χ4v) is 5.91. The number of sulfonamides is 1. The van der Waals surface area contributed by atoms with Crippen LogP contribution in [0.5, 0.6) is 5.75 Å². The monoisotopic (exact) mass is 475 g/mol. The lowest BCUT2D eigenvalue weighted by molar-refractivity contribution is -0.231. The minimum atomic E-state index is -5.28. The molecule has 178 valence electrons. The van der Waals surface area contributed by atoms with E-state index in [0.29, 0.717) is 10.9 Å². The fraction of sp³-hybridized carbons (Fsp3) is 0.714. The molecule has 7 nitrogen and oxygen atoms in total. The van der Waals surface area contributed by atoms with Gasteiger partial charge in [0.05, 0.1) is 6.61 Å². The summed E-state index contributed by atoms with van der Waals surface area (Å²) in [6.07, 6.45) is 5.57. The van der Waals surface area contributed by atoms with Crippen LogP contribution in [-0.4, -0.2) is 74.2 Å². The van der Waals surface area contributed by atoms with E-state index >= 15 is 0 Å². The van der Waals surface area contributed by atoms with Crippen LogP contribution in [0, 0.1) is 0 Å². The third kappa shape index (κ3) is 3.97. The first kappa shape index (κ1) is 22.2. The molecule has 3 aliphatic heterocycles. The lowest BCUT2D eigenvalue weighted by atomic mass is 9.89. The maximum absolute atomic E-state index is 12.8. The van der Waals surface area contributed by atoms with Crippen molar-refractivity contribution in [1.82, 2.24) is 9.21 Å². The second-order valence-corrected chi connectivity index (χ2v) is 11.0. The SMILES string of the molecule is O=S(=O)(N1CCN(c2ccc3c(c2)COC2(CCN(C4CCC4)CC2)O3)CC1)C(F)(F)F. The molecule has 3 heterocycles. The molecular formula is C21H28F3N3O4S. The molecule has 0 amide bonds. The van der Waals surface area contributed by atoms with E-state index in [4.69, 9.17) is 9.47 Å². The molecular weight excluding hydrogens is 447 g/mol. The number of nitrogens with zero attached hydrogens (tertiary/aromatic N) is 3. The molecule has 5 rings (SSSR count). The Morgan fingerprint density at radius 1 is 1.00 bits per heavy atom. The van der Waals surface area contributed by atoms with Crippen LogP contribution in [0.4, 0.5) is 18.9 Å². The van der Waals surface area contributed by atoms with Crippen LogP contribution in [0.1, 0.15) is 37.7 Å². The van der Waals surface area contributed by atoms with Gasteiger partial charge in [-0.1, -0.05) is 6.42 Å². The third-order valence-corrected chi connectivity index (χ3v) is 8.85. The summed E-state index contributed by atoms with van der Waals surface area (Å²) in [6, 6.07) is 6.43. The van der Waals surface area contributed by atoms with Gasteiger partial charge in [0.25, 0.3) is 0 Å². The summed E-state index contributed by atoms with van der Waals surface area (Å²) >= 11 is 0. The van der Waals surface area contributed by atoms with Gasteiger partial charge in [0, 0.05) is 69.4 Å². The minimum absolute atomic E-state index is 0.191. The van der Waals surface area contributed by atoms with Crippen molar-refractivity contribution in [3.05, 3.63) is 23.8 Å².